The van der Waals surface area contributed by atoms with E-state index in [4.69, 9.17) is 0 Å². The lowest BCUT2D eigenvalue weighted by molar-refractivity contribution is 0.0963. The molecule has 1 aliphatic rings. The van der Waals surface area contributed by atoms with Gasteiger partial charge < -0.3 is 20.9 Å². The zero-order valence-electron chi connectivity index (χ0n) is 19.3. The highest BCUT2D eigenvalue weighted by atomic mass is 16.1. The highest BCUT2D eigenvalue weighted by molar-refractivity contribution is 5.94. The number of carbonyl (C=O) groups is 1. The van der Waals surface area contributed by atoms with Crippen molar-refractivity contribution in [2.24, 2.45) is 4.99 Å². The van der Waals surface area contributed by atoms with Crippen molar-refractivity contribution in [3.8, 4) is 0 Å². The second kappa shape index (κ2) is 12.7. The topological polar surface area (TPSA) is 72.0 Å². The van der Waals surface area contributed by atoms with E-state index in [1.807, 2.05) is 24.3 Å². The molecule has 1 fully saturated rings. The molecule has 0 aromatic heterocycles. The third kappa shape index (κ3) is 7.27. The van der Waals surface area contributed by atoms with Crippen molar-refractivity contribution in [3.05, 3.63) is 65.7 Å². The number of aliphatic imine (C=N–C) groups is 1. The summed E-state index contributed by atoms with van der Waals surface area (Å²) in [6, 6.07) is 18.4. The predicted molar refractivity (Wildman–Crippen MR) is 133 cm³/mol. The van der Waals surface area contributed by atoms with Crippen molar-refractivity contribution < 1.29 is 4.79 Å². The van der Waals surface area contributed by atoms with Gasteiger partial charge >= 0.3 is 0 Å². The third-order valence-electron chi connectivity index (χ3n) is 5.78. The van der Waals surface area contributed by atoms with E-state index in [1.54, 1.807) is 14.1 Å². The Morgan fingerprint density at radius 3 is 2.44 bits per heavy atom. The summed E-state index contributed by atoms with van der Waals surface area (Å²) in [5.74, 6) is 0.764. The van der Waals surface area contributed by atoms with Crippen molar-refractivity contribution >= 4 is 17.6 Å². The molecular formula is C25H36N6O. The molecule has 1 saturated heterocycles. The van der Waals surface area contributed by atoms with E-state index >= 15 is 0 Å². The molecule has 0 unspecified atom stereocenters. The minimum absolute atomic E-state index is 0.0567. The van der Waals surface area contributed by atoms with Crippen LogP contribution in [0.2, 0.25) is 0 Å². The number of benzene rings is 2. The zero-order chi connectivity index (χ0) is 22.6. The number of amides is 1. The Kier molecular flexibility index (Phi) is 9.37. The molecule has 1 aliphatic heterocycles. The van der Waals surface area contributed by atoms with Crippen molar-refractivity contribution in [2.75, 3.05) is 64.8 Å². The molecule has 3 rings (SSSR count). The van der Waals surface area contributed by atoms with Crippen molar-refractivity contribution in [1.29, 1.82) is 0 Å². The van der Waals surface area contributed by atoms with E-state index < -0.39 is 0 Å². The lowest BCUT2D eigenvalue weighted by Crippen LogP contribution is -2.47. The van der Waals surface area contributed by atoms with Crippen LogP contribution >= 0.6 is 0 Å². The Labute approximate surface area is 191 Å². The van der Waals surface area contributed by atoms with Gasteiger partial charge in [0.2, 0.25) is 0 Å². The van der Waals surface area contributed by atoms with E-state index in [0.717, 1.165) is 70.2 Å². The monoisotopic (exact) mass is 436 g/mol. The SMILES string of the molecule is CN=C(NCCCN1CCN(c2ccccc2)CC1)NCCc1cccc(C(=O)NC)c1. The van der Waals surface area contributed by atoms with Crippen LogP contribution in [0.3, 0.4) is 0 Å². The first kappa shape index (κ1) is 23.6. The summed E-state index contributed by atoms with van der Waals surface area (Å²) < 4.78 is 0. The fourth-order valence-corrected chi connectivity index (χ4v) is 3.94. The first-order valence-corrected chi connectivity index (χ1v) is 11.5. The van der Waals surface area contributed by atoms with Gasteiger partial charge in [0.15, 0.2) is 5.96 Å². The summed E-state index contributed by atoms with van der Waals surface area (Å²) in [4.78, 5) is 21.1. The molecule has 1 heterocycles. The maximum Gasteiger partial charge on any atom is 0.251 e. The number of para-hydroxylation sites is 1. The average molecular weight is 437 g/mol. The minimum Gasteiger partial charge on any atom is -0.369 e. The molecule has 7 heteroatoms. The van der Waals surface area contributed by atoms with Crippen LogP contribution in [0.25, 0.3) is 0 Å². The lowest BCUT2D eigenvalue weighted by Gasteiger charge is -2.36. The summed E-state index contributed by atoms with van der Waals surface area (Å²) in [5.41, 5.74) is 3.14. The molecule has 1 amide bonds. The van der Waals surface area contributed by atoms with E-state index in [2.05, 4.69) is 61.1 Å². The average Bonchev–Trinajstić information content (AvgIpc) is 2.86. The number of nitrogens with one attached hydrogen (secondary N) is 3. The molecular weight excluding hydrogens is 400 g/mol. The highest BCUT2D eigenvalue weighted by Crippen LogP contribution is 2.15. The Bertz CT molecular complexity index is 862. The quantitative estimate of drug-likeness (QED) is 0.318. The van der Waals surface area contributed by atoms with Crippen LogP contribution in [-0.2, 0) is 6.42 Å². The van der Waals surface area contributed by atoms with Gasteiger partial charge in [-0.15, -0.1) is 0 Å². The van der Waals surface area contributed by atoms with Gasteiger partial charge in [-0.2, -0.15) is 0 Å². The van der Waals surface area contributed by atoms with Gasteiger partial charge in [-0.3, -0.25) is 14.7 Å². The number of anilines is 1. The molecule has 2 aromatic carbocycles. The molecule has 0 radical (unpaired) electrons. The van der Waals surface area contributed by atoms with Gasteiger partial charge in [0, 0.05) is 64.6 Å². The largest absolute Gasteiger partial charge is 0.369 e. The second-order valence-electron chi connectivity index (χ2n) is 7.97. The fraction of sp³-hybridized carbons (Fsp3) is 0.440. The number of rotatable bonds is 9. The van der Waals surface area contributed by atoms with Crippen LogP contribution in [0.1, 0.15) is 22.3 Å². The molecule has 2 aromatic rings. The van der Waals surface area contributed by atoms with Crippen molar-refractivity contribution in [2.45, 2.75) is 12.8 Å². The van der Waals surface area contributed by atoms with Crippen LogP contribution in [0.15, 0.2) is 59.6 Å². The molecule has 0 bridgehead atoms. The second-order valence-corrected chi connectivity index (χ2v) is 7.97. The summed E-state index contributed by atoms with van der Waals surface area (Å²) >= 11 is 0. The normalized spacial score (nSPS) is 14.8. The number of guanidine groups is 1. The number of piperazine rings is 1. The smallest absolute Gasteiger partial charge is 0.251 e. The summed E-state index contributed by atoms with van der Waals surface area (Å²) in [5, 5.41) is 9.43. The fourth-order valence-electron chi connectivity index (χ4n) is 3.94. The molecule has 0 spiro atoms. The highest BCUT2D eigenvalue weighted by Gasteiger charge is 2.16. The molecule has 3 N–H and O–H groups in total. The van der Waals surface area contributed by atoms with E-state index in [1.165, 1.54) is 5.69 Å². The molecule has 0 aliphatic carbocycles. The number of nitrogens with zero attached hydrogens (tertiary/aromatic N) is 3. The van der Waals surface area contributed by atoms with Crippen molar-refractivity contribution in [3.63, 3.8) is 0 Å². The van der Waals surface area contributed by atoms with Gasteiger partial charge in [0.05, 0.1) is 0 Å². The van der Waals surface area contributed by atoms with Gasteiger partial charge in [-0.05, 0) is 49.2 Å². The van der Waals surface area contributed by atoms with E-state index in [0.29, 0.717) is 5.56 Å². The number of carbonyl (C=O) groups excluding carboxylic acids is 1. The summed E-state index contributed by atoms with van der Waals surface area (Å²) in [6.45, 7) is 7.14. The standard InChI is InChI=1S/C25H36N6O/c1-26-24(32)22-9-6-8-21(20-22)12-14-29-25(27-2)28-13-7-15-30-16-18-31(19-17-30)23-10-4-3-5-11-23/h3-6,8-11,20H,7,12-19H2,1-2H3,(H,26,32)(H2,27,28,29). The molecule has 32 heavy (non-hydrogen) atoms. The summed E-state index contributed by atoms with van der Waals surface area (Å²) in [7, 11) is 3.45. The maximum atomic E-state index is 11.8. The summed E-state index contributed by atoms with van der Waals surface area (Å²) in [6.07, 6.45) is 1.91. The Balaban J connectivity index is 1.30. The first-order valence-electron chi connectivity index (χ1n) is 11.5. The van der Waals surface area contributed by atoms with Gasteiger partial charge in [-0.25, -0.2) is 0 Å². The molecule has 0 atom stereocenters. The number of hydrogen-bond donors (Lipinski definition) is 3. The van der Waals surface area contributed by atoms with E-state index in [-0.39, 0.29) is 5.91 Å². The zero-order valence-corrected chi connectivity index (χ0v) is 19.3. The lowest BCUT2D eigenvalue weighted by atomic mass is 10.1. The van der Waals surface area contributed by atoms with Crippen LogP contribution in [0.4, 0.5) is 5.69 Å². The molecule has 7 nitrogen and oxygen atoms in total. The van der Waals surface area contributed by atoms with Gasteiger partial charge in [0.1, 0.15) is 0 Å². The molecule has 172 valence electrons. The third-order valence-corrected chi connectivity index (χ3v) is 5.78. The van der Waals surface area contributed by atoms with Gasteiger partial charge in [-0.1, -0.05) is 30.3 Å². The van der Waals surface area contributed by atoms with E-state index in [9.17, 15) is 4.79 Å². The molecule has 0 saturated carbocycles. The van der Waals surface area contributed by atoms with Crippen LogP contribution in [0.5, 0.6) is 0 Å². The van der Waals surface area contributed by atoms with Crippen LogP contribution in [-0.4, -0.2) is 76.7 Å². The first-order chi connectivity index (χ1) is 15.7. The van der Waals surface area contributed by atoms with Crippen LogP contribution < -0.4 is 20.9 Å². The Morgan fingerprint density at radius 2 is 1.72 bits per heavy atom. The minimum atomic E-state index is -0.0567. The van der Waals surface area contributed by atoms with Crippen LogP contribution in [0, 0.1) is 0 Å². The maximum absolute atomic E-state index is 11.8. The Morgan fingerprint density at radius 1 is 0.969 bits per heavy atom. The van der Waals surface area contributed by atoms with Gasteiger partial charge in [0.25, 0.3) is 5.91 Å². The van der Waals surface area contributed by atoms with Crippen molar-refractivity contribution in [1.82, 2.24) is 20.9 Å². The Hall–Kier alpha value is -3.06. The number of hydrogen-bond acceptors (Lipinski definition) is 4. The predicted octanol–water partition coefficient (Wildman–Crippen LogP) is 1.97.